The van der Waals surface area contributed by atoms with E-state index in [1.807, 2.05) is 31.0 Å². The third kappa shape index (κ3) is 2.68. The highest BCUT2D eigenvalue weighted by Gasteiger charge is 2.09. The van der Waals surface area contributed by atoms with E-state index in [0.717, 1.165) is 11.5 Å². The van der Waals surface area contributed by atoms with Crippen LogP contribution in [-0.4, -0.2) is 23.1 Å². The van der Waals surface area contributed by atoms with Crippen molar-refractivity contribution in [2.45, 2.75) is 13.5 Å². The Bertz CT molecular complexity index is 563. The number of furan rings is 1. The van der Waals surface area contributed by atoms with Crippen LogP contribution in [0.25, 0.3) is 0 Å². The number of pyridine rings is 1. The van der Waals surface area contributed by atoms with E-state index in [9.17, 15) is 4.79 Å². The molecule has 5 heteroatoms. The average Bonchev–Trinajstić information content (AvgIpc) is 2.75. The summed E-state index contributed by atoms with van der Waals surface area (Å²) in [5.74, 6) is 1.31. The number of aromatic carboxylic acids is 1. The molecule has 0 aliphatic rings. The first-order valence-corrected chi connectivity index (χ1v) is 5.52. The van der Waals surface area contributed by atoms with Crippen molar-refractivity contribution in [1.29, 1.82) is 0 Å². The lowest BCUT2D eigenvalue weighted by molar-refractivity contribution is 0.0697. The minimum absolute atomic E-state index is 0.225. The molecule has 94 valence electrons. The average molecular weight is 246 g/mol. The van der Waals surface area contributed by atoms with Gasteiger partial charge in [0.05, 0.1) is 12.1 Å². The molecule has 5 nitrogen and oxygen atoms in total. The van der Waals surface area contributed by atoms with Crippen molar-refractivity contribution in [2.24, 2.45) is 0 Å². The fraction of sp³-hybridized carbons (Fsp3) is 0.231. The van der Waals surface area contributed by atoms with E-state index in [-0.39, 0.29) is 5.56 Å². The van der Waals surface area contributed by atoms with Gasteiger partial charge < -0.3 is 14.4 Å². The van der Waals surface area contributed by atoms with Gasteiger partial charge in [0, 0.05) is 13.2 Å². The number of nitrogens with zero attached hydrogens (tertiary/aromatic N) is 2. The molecule has 0 aromatic carbocycles. The van der Waals surface area contributed by atoms with Crippen LogP contribution in [0.5, 0.6) is 0 Å². The lowest BCUT2D eigenvalue weighted by atomic mass is 10.2. The van der Waals surface area contributed by atoms with Crippen molar-refractivity contribution >= 4 is 11.8 Å². The number of hydrogen-bond donors (Lipinski definition) is 1. The summed E-state index contributed by atoms with van der Waals surface area (Å²) in [7, 11) is 1.84. The normalized spacial score (nSPS) is 10.3. The van der Waals surface area contributed by atoms with Gasteiger partial charge in [-0.15, -0.1) is 0 Å². The Labute approximate surface area is 105 Å². The summed E-state index contributed by atoms with van der Waals surface area (Å²) >= 11 is 0. The molecule has 2 aromatic rings. The van der Waals surface area contributed by atoms with Crippen molar-refractivity contribution in [3.05, 3.63) is 47.5 Å². The second-order valence-electron chi connectivity index (χ2n) is 4.08. The van der Waals surface area contributed by atoms with Gasteiger partial charge in [-0.25, -0.2) is 9.78 Å². The van der Waals surface area contributed by atoms with Crippen LogP contribution in [0.3, 0.4) is 0 Å². The molecule has 1 N–H and O–H groups in total. The lowest BCUT2D eigenvalue weighted by Crippen LogP contribution is -2.17. The fourth-order valence-corrected chi connectivity index (χ4v) is 1.65. The molecule has 0 radical (unpaired) electrons. The number of hydrogen-bond acceptors (Lipinski definition) is 4. The maximum atomic E-state index is 10.9. The highest BCUT2D eigenvalue weighted by atomic mass is 16.4. The third-order valence-corrected chi connectivity index (χ3v) is 2.57. The van der Waals surface area contributed by atoms with E-state index in [1.165, 1.54) is 18.3 Å². The first-order valence-electron chi connectivity index (χ1n) is 5.52. The zero-order valence-corrected chi connectivity index (χ0v) is 10.3. The second-order valence-corrected chi connectivity index (χ2v) is 4.08. The Morgan fingerprint density at radius 1 is 1.44 bits per heavy atom. The highest BCUT2D eigenvalue weighted by Crippen LogP contribution is 2.15. The molecule has 0 bridgehead atoms. The Hall–Kier alpha value is -2.30. The molecule has 0 spiro atoms. The SMILES string of the molecule is Cc1ccc(CN(C)c2cc(C(=O)O)ccn2)o1. The molecule has 0 aliphatic heterocycles. The summed E-state index contributed by atoms with van der Waals surface area (Å²) in [4.78, 5) is 16.9. The van der Waals surface area contributed by atoms with Gasteiger partial charge in [-0.2, -0.15) is 0 Å². The molecule has 2 aromatic heterocycles. The van der Waals surface area contributed by atoms with Gasteiger partial charge in [0.25, 0.3) is 0 Å². The quantitative estimate of drug-likeness (QED) is 0.896. The summed E-state index contributed by atoms with van der Waals surface area (Å²) in [6, 6.07) is 6.80. The van der Waals surface area contributed by atoms with Gasteiger partial charge >= 0.3 is 5.97 Å². The van der Waals surface area contributed by atoms with Crippen LogP contribution in [0, 0.1) is 6.92 Å². The number of carboxylic acids is 1. The standard InChI is InChI=1S/C13H14N2O3/c1-9-3-4-11(18-9)8-15(2)12-7-10(13(16)17)5-6-14-12/h3-7H,8H2,1-2H3,(H,16,17). The topological polar surface area (TPSA) is 66.6 Å². The van der Waals surface area contributed by atoms with Crippen LogP contribution in [0.1, 0.15) is 21.9 Å². The molecule has 2 rings (SSSR count). The van der Waals surface area contributed by atoms with Crippen molar-refractivity contribution in [1.82, 2.24) is 4.98 Å². The molecule has 0 aliphatic carbocycles. The molecule has 0 unspecified atom stereocenters. The van der Waals surface area contributed by atoms with Gasteiger partial charge in [-0.3, -0.25) is 0 Å². The zero-order chi connectivity index (χ0) is 13.1. The van der Waals surface area contributed by atoms with Crippen LogP contribution in [-0.2, 0) is 6.54 Å². The molecular weight excluding hydrogens is 232 g/mol. The van der Waals surface area contributed by atoms with E-state index < -0.39 is 5.97 Å². The minimum atomic E-state index is -0.958. The highest BCUT2D eigenvalue weighted by molar-refractivity contribution is 5.88. The number of aromatic nitrogens is 1. The Morgan fingerprint density at radius 3 is 2.83 bits per heavy atom. The third-order valence-electron chi connectivity index (χ3n) is 2.57. The van der Waals surface area contributed by atoms with Gasteiger partial charge in [-0.1, -0.05) is 0 Å². The van der Waals surface area contributed by atoms with E-state index in [1.54, 1.807) is 0 Å². The predicted molar refractivity (Wildman–Crippen MR) is 66.7 cm³/mol. The molecule has 0 fully saturated rings. The largest absolute Gasteiger partial charge is 0.478 e. The summed E-state index contributed by atoms with van der Waals surface area (Å²) in [5.41, 5.74) is 0.225. The van der Waals surface area contributed by atoms with Crippen LogP contribution < -0.4 is 4.90 Å². The summed E-state index contributed by atoms with van der Waals surface area (Å²) in [5, 5.41) is 8.92. The Kier molecular flexibility index (Phi) is 3.32. The van der Waals surface area contributed by atoms with Gasteiger partial charge in [0.1, 0.15) is 17.3 Å². The molecule has 0 atom stereocenters. The van der Waals surface area contributed by atoms with E-state index in [0.29, 0.717) is 12.4 Å². The molecule has 0 saturated carbocycles. The lowest BCUT2D eigenvalue weighted by Gasteiger charge is -2.16. The molecule has 0 amide bonds. The van der Waals surface area contributed by atoms with Crippen LogP contribution in [0.15, 0.2) is 34.9 Å². The van der Waals surface area contributed by atoms with Crippen molar-refractivity contribution in [3.8, 4) is 0 Å². The number of anilines is 1. The number of carbonyl (C=O) groups is 1. The van der Waals surface area contributed by atoms with Crippen LogP contribution in [0.4, 0.5) is 5.82 Å². The van der Waals surface area contributed by atoms with Crippen LogP contribution in [0.2, 0.25) is 0 Å². The van der Waals surface area contributed by atoms with Gasteiger partial charge in [-0.05, 0) is 31.2 Å². The van der Waals surface area contributed by atoms with Gasteiger partial charge in [0.15, 0.2) is 0 Å². The second kappa shape index (κ2) is 4.91. The zero-order valence-electron chi connectivity index (χ0n) is 10.3. The summed E-state index contributed by atoms with van der Waals surface area (Å²) in [6.07, 6.45) is 1.49. The number of carboxylic acid groups (broad SMARTS) is 1. The van der Waals surface area contributed by atoms with Crippen molar-refractivity contribution in [3.63, 3.8) is 0 Å². The molecular formula is C13H14N2O3. The predicted octanol–water partition coefficient (Wildman–Crippen LogP) is 2.32. The number of aryl methyl sites for hydroxylation is 1. The van der Waals surface area contributed by atoms with Gasteiger partial charge in [0.2, 0.25) is 0 Å². The summed E-state index contributed by atoms with van der Waals surface area (Å²) < 4.78 is 5.47. The molecule has 2 heterocycles. The minimum Gasteiger partial charge on any atom is -0.478 e. The summed E-state index contributed by atoms with van der Waals surface area (Å²) in [6.45, 7) is 2.43. The monoisotopic (exact) mass is 246 g/mol. The maximum absolute atomic E-state index is 10.9. The molecule has 0 saturated heterocycles. The van der Waals surface area contributed by atoms with Crippen molar-refractivity contribution < 1.29 is 14.3 Å². The first-order chi connectivity index (χ1) is 8.56. The van der Waals surface area contributed by atoms with E-state index in [4.69, 9.17) is 9.52 Å². The number of rotatable bonds is 4. The first kappa shape index (κ1) is 12.2. The van der Waals surface area contributed by atoms with Crippen molar-refractivity contribution in [2.75, 3.05) is 11.9 Å². The maximum Gasteiger partial charge on any atom is 0.335 e. The fourth-order valence-electron chi connectivity index (χ4n) is 1.65. The van der Waals surface area contributed by atoms with E-state index in [2.05, 4.69) is 4.98 Å². The Morgan fingerprint density at radius 2 is 2.22 bits per heavy atom. The molecule has 18 heavy (non-hydrogen) atoms. The van der Waals surface area contributed by atoms with E-state index >= 15 is 0 Å². The smallest absolute Gasteiger partial charge is 0.335 e. The van der Waals surface area contributed by atoms with Crippen LogP contribution >= 0.6 is 0 Å². The Balaban J connectivity index is 2.15.